The lowest BCUT2D eigenvalue weighted by Crippen LogP contribution is -2.22. The van der Waals surface area contributed by atoms with E-state index < -0.39 is 0 Å². The summed E-state index contributed by atoms with van der Waals surface area (Å²) in [5, 5.41) is 7.83. The van der Waals surface area contributed by atoms with Crippen LogP contribution in [0.3, 0.4) is 0 Å². The van der Waals surface area contributed by atoms with Crippen molar-refractivity contribution in [3.63, 3.8) is 0 Å². The fourth-order valence-corrected chi connectivity index (χ4v) is 4.01. The van der Waals surface area contributed by atoms with Crippen LogP contribution >= 0.6 is 11.3 Å². The second-order valence-electron chi connectivity index (χ2n) is 7.00. The minimum Gasteiger partial charge on any atom is -0.444 e. The molecular weight excluding hydrogens is 420 g/mol. The quantitative estimate of drug-likeness (QED) is 0.346. The molecule has 2 aromatic heterocycles. The van der Waals surface area contributed by atoms with Crippen LogP contribution in [0.4, 0.5) is 11.5 Å². The highest BCUT2D eigenvalue weighted by atomic mass is 32.1. The van der Waals surface area contributed by atoms with Gasteiger partial charge in [0, 0.05) is 35.6 Å². The fourth-order valence-electron chi connectivity index (χ4n) is 3.11. The van der Waals surface area contributed by atoms with Gasteiger partial charge in [0.25, 0.3) is 5.91 Å². The third-order valence-electron chi connectivity index (χ3n) is 4.69. The van der Waals surface area contributed by atoms with Crippen LogP contribution in [-0.4, -0.2) is 22.4 Å². The second-order valence-corrected chi connectivity index (χ2v) is 8.05. The van der Waals surface area contributed by atoms with Gasteiger partial charge in [0.15, 0.2) is 0 Å². The van der Waals surface area contributed by atoms with Crippen molar-refractivity contribution in [3.05, 3.63) is 83.5 Å². The van der Waals surface area contributed by atoms with E-state index >= 15 is 0 Å². The molecule has 0 unspecified atom stereocenters. The average molecular weight is 445 g/mol. The van der Waals surface area contributed by atoms with Crippen LogP contribution in [0.2, 0.25) is 0 Å². The number of carbonyl (C=O) groups is 1. The number of aromatic nitrogens is 2. The summed E-state index contributed by atoms with van der Waals surface area (Å²) < 4.78 is 6.23. The summed E-state index contributed by atoms with van der Waals surface area (Å²) in [6.45, 7) is 4.58. The Morgan fingerprint density at radius 1 is 1.03 bits per heavy atom. The number of nitrogens with one attached hydrogen (secondary N) is 2. The fraction of sp³-hybridized carbons (Fsp3) is 0.160. The van der Waals surface area contributed by atoms with Crippen LogP contribution in [0, 0.1) is 0 Å². The summed E-state index contributed by atoms with van der Waals surface area (Å²) in [5.41, 5.74) is 3.32. The highest BCUT2D eigenvalue weighted by Crippen LogP contribution is 2.38. The Morgan fingerprint density at radius 3 is 2.53 bits per heavy atom. The molecule has 0 aliphatic carbocycles. The molecule has 162 valence electrons. The minimum absolute atomic E-state index is 0.0854. The molecule has 0 saturated carbocycles. The maximum atomic E-state index is 11.9. The molecule has 0 spiro atoms. The number of amides is 1. The number of aryl methyl sites for hydroxylation is 1. The Hall–Kier alpha value is -3.71. The summed E-state index contributed by atoms with van der Waals surface area (Å²) >= 11 is 1.56. The first-order chi connectivity index (χ1) is 15.7. The lowest BCUT2D eigenvalue weighted by Gasteiger charge is -2.09. The van der Waals surface area contributed by atoms with Crippen molar-refractivity contribution in [2.24, 2.45) is 0 Å². The van der Waals surface area contributed by atoms with Gasteiger partial charge in [-0.15, -0.1) is 0 Å². The van der Waals surface area contributed by atoms with Gasteiger partial charge in [-0.25, -0.2) is 9.97 Å². The van der Waals surface area contributed by atoms with Crippen LogP contribution in [0.25, 0.3) is 11.3 Å². The van der Waals surface area contributed by atoms with Crippen LogP contribution in [0.1, 0.15) is 29.2 Å². The molecule has 0 bridgehead atoms. The number of rotatable bonds is 8. The zero-order chi connectivity index (χ0) is 22.3. The molecule has 2 N–H and O–H groups in total. The summed E-state index contributed by atoms with van der Waals surface area (Å²) in [5.74, 6) is 1.23. The van der Waals surface area contributed by atoms with Crippen LogP contribution in [0.5, 0.6) is 10.8 Å². The summed E-state index contributed by atoms with van der Waals surface area (Å²) in [4.78, 5) is 21.1. The van der Waals surface area contributed by atoms with Crippen molar-refractivity contribution < 1.29 is 9.53 Å². The molecule has 0 aliphatic rings. The van der Waals surface area contributed by atoms with Gasteiger partial charge in [0.1, 0.15) is 17.3 Å². The van der Waals surface area contributed by atoms with Crippen molar-refractivity contribution in [1.82, 2.24) is 15.3 Å². The monoisotopic (exact) mass is 444 g/mol. The van der Waals surface area contributed by atoms with Gasteiger partial charge in [-0.1, -0.05) is 48.6 Å². The zero-order valence-corrected chi connectivity index (χ0v) is 18.8. The number of hydrogen-bond acceptors (Lipinski definition) is 6. The molecule has 0 saturated heterocycles. The largest absolute Gasteiger partial charge is 0.444 e. The van der Waals surface area contributed by atoms with Gasteiger partial charge in [0.2, 0.25) is 5.06 Å². The highest BCUT2D eigenvalue weighted by molar-refractivity contribution is 7.14. The Balaban J connectivity index is 1.52. The Bertz CT molecular complexity index is 1190. The zero-order valence-electron chi connectivity index (χ0n) is 18.0. The van der Waals surface area contributed by atoms with Crippen molar-refractivity contribution in [3.8, 4) is 22.1 Å². The predicted molar refractivity (Wildman–Crippen MR) is 129 cm³/mol. The van der Waals surface area contributed by atoms with E-state index in [0.717, 1.165) is 33.4 Å². The minimum atomic E-state index is -0.0854. The molecule has 1 amide bonds. The van der Waals surface area contributed by atoms with E-state index in [2.05, 4.69) is 22.5 Å². The third-order valence-corrected chi connectivity index (χ3v) is 5.77. The first-order valence-electron chi connectivity index (χ1n) is 10.5. The number of benzene rings is 2. The second kappa shape index (κ2) is 10.1. The molecule has 7 heteroatoms. The summed E-state index contributed by atoms with van der Waals surface area (Å²) in [7, 11) is 0. The van der Waals surface area contributed by atoms with Gasteiger partial charge < -0.3 is 15.4 Å². The summed E-state index contributed by atoms with van der Waals surface area (Å²) in [6, 6.07) is 21.0. The van der Waals surface area contributed by atoms with Gasteiger partial charge in [0.05, 0.1) is 5.01 Å². The SMILES string of the molecule is CCNC(=O)c1ccc(Nc2cc(Oc3sc(CC)nc3-c3ccccc3)ccn2)cc1. The predicted octanol–water partition coefficient (Wildman–Crippen LogP) is 6.05. The highest BCUT2D eigenvalue weighted by Gasteiger charge is 2.15. The number of nitrogens with zero attached hydrogens (tertiary/aromatic N) is 2. The van der Waals surface area contributed by atoms with Crippen molar-refractivity contribution in [1.29, 1.82) is 0 Å². The maximum absolute atomic E-state index is 11.9. The summed E-state index contributed by atoms with van der Waals surface area (Å²) in [6.07, 6.45) is 2.55. The smallest absolute Gasteiger partial charge is 0.251 e. The third kappa shape index (κ3) is 5.12. The molecule has 0 atom stereocenters. The number of hydrogen-bond donors (Lipinski definition) is 2. The van der Waals surface area contributed by atoms with Crippen LogP contribution in [-0.2, 0) is 6.42 Å². The van der Waals surface area contributed by atoms with E-state index in [1.807, 2.05) is 61.5 Å². The number of pyridine rings is 1. The van der Waals surface area contributed by atoms with Crippen molar-refractivity contribution in [2.75, 3.05) is 11.9 Å². The molecule has 4 rings (SSSR count). The Labute approximate surface area is 191 Å². The molecule has 2 aromatic carbocycles. The Morgan fingerprint density at radius 2 is 1.81 bits per heavy atom. The lowest BCUT2D eigenvalue weighted by molar-refractivity contribution is 0.0956. The first-order valence-corrected chi connectivity index (χ1v) is 11.3. The lowest BCUT2D eigenvalue weighted by atomic mass is 10.2. The Kier molecular flexibility index (Phi) is 6.77. The van der Waals surface area contributed by atoms with Crippen LogP contribution < -0.4 is 15.4 Å². The van der Waals surface area contributed by atoms with Crippen LogP contribution in [0.15, 0.2) is 72.9 Å². The molecule has 2 heterocycles. The number of carbonyl (C=O) groups excluding carboxylic acids is 1. The van der Waals surface area contributed by atoms with E-state index in [0.29, 0.717) is 23.7 Å². The molecule has 32 heavy (non-hydrogen) atoms. The molecule has 4 aromatic rings. The topological polar surface area (TPSA) is 76.1 Å². The maximum Gasteiger partial charge on any atom is 0.251 e. The molecular formula is C25H24N4O2S. The number of anilines is 2. The standard InChI is InChI=1S/C25H24N4O2S/c1-3-22-29-23(17-8-6-5-7-9-17)25(32-22)31-20-14-15-27-21(16-20)28-19-12-10-18(11-13-19)24(30)26-4-2/h5-16H,3-4H2,1-2H3,(H,26,30)(H,27,28). The van der Waals surface area contributed by atoms with Crippen molar-refractivity contribution >= 4 is 28.7 Å². The average Bonchev–Trinajstić information content (AvgIpc) is 3.23. The van der Waals surface area contributed by atoms with Gasteiger partial charge >= 0.3 is 0 Å². The number of thiazole rings is 1. The number of ether oxygens (including phenoxy) is 1. The van der Waals surface area contributed by atoms with Gasteiger partial charge in [-0.2, -0.15) is 0 Å². The van der Waals surface area contributed by atoms with Gasteiger partial charge in [-0.3, -0.25) is 4.79 Å². The molecule has 0 fully saturated rings. The van der Waals surface area contributed by atoms with E-state index in [9.17, 15) is 4.79 Å². The van der Waals surface area contributed by atoms with E-state index in [4.69, 9.17) is 9.72 Å². The molecule has 0 radical (unpaired) electrons. The van der Waals surface area contributed by atoms with E-state index in [1.165, 1.54) is 0 Å². The van der Waals surface area contributed by atoms with Crippen molar-refractivity contribution in [2.45, 2.75) is 20.3 Å². The van der Waals surface area contributed by atoms with Gasteiger partial charge in [-0.05, 0) is 43.7 Å². The normalized spacial score (nSPS) is 10.6. The molecule has 6 nitrogen and oxygen atoms in total. The first kappa shape index (κ1) is 21.5. The molecule has 0 aliphatic heterocycles. The van der Waals surface area contributed by atoms with E-state index in [1.54, 1.807) is 29.7 Å². The van der Waals surface area contributed by atoms with E-state index in [-0.39, 0.29) is 5.91 Å².